The quantitative estimate of drug-likeness (QED) is 0.580. The summed E-state index contributed by atoms with van der Waals surface area (Å²) >= 11 is 0. The van der Waals surface area contributed by atoms with E-state index in [1.165, 1.54) is 19.1 Å². The first kappa shape index (κ1) is 21.4. The molecule has 0 unspecified atom stereocenters. The standard InChI is InChI=1S/C21H27NO4/c1-6-7-19(24)22-18-14-16(9-12-17(18)11-8-15(2)23)10-13-20(25)26-21(3,4)5/h8-14H,6-7H2,1-5H3,(H,22,24)/b11-8+,13-10+. The molecule has 0 bridgehead atoms. The number of esters is 1. The molecule has 1 amide bonds. The summed E-state index contributed by atoms with van der Waals surface area (Å²) in [5, 5.41) is 2.85. The number of anilines is 1. The fraction of sp³-hybridized carbons (Fsp3) is 0.381. The highest BCUT2D eigenvalue weighted by Crippen LogP contribution is 2.21. The third kappa shape index (κ3) is 8.42. The highest BCUT2D eigenvalue weighted by molar-refractivity contribution is 5.96. The average molecular weight is 357 g/mol. The van der Waals surface area contributed by atoms with E-state index < -0.39 is 11.6 Å². The van der Waals surface area contributed by atoms with E-state index in [2.05, 4.69) is 5.32 Å². The zero-order valence-electron chi connectivity index (χ0n) is 16.1. The van der Waals surface area contributed by atoms with Gasteiger partial charge in [-0.25, -0.2) is 4.79 Å². The molecule has 26 heavy (non-hydrogen) atoms. The highest BCUT2D eigenvalue weighted by atomic mass is 16.6. The number of nitrogens with one attached hydrogen (secondary N) is 1. The van der Waals surface area contributed by atoms with E-state index in [0.29, 0.717) is 12.1 Å². The van der Waals surface area contributed by atoms with E-state index in [1.807, 2.05) is 6.92 Å². The first-order valence-corrected chi connectivity index (χ1v) is 8.64. The van der Waals surface area contributed by atoms with Gasteiger partial charge in [-0.1, -0.05) is 19.1 Å². The number of amides is 1. The second-order valence-corrected chi connectivity index (χ2v) is 6.96. The van der Waals surface area contributed by atoms with Gasteiger partial charge in [0.05, 0.1) is 0 Å². The van der Waals surface area contributed by atoms with Crippen LogP contribution in [0.4, 0.5) is 5.69 Å². The molecular formula is C21H27NO4. The van der Waals surface area contributed by atoms with Crippen LogP contribution < -0.4 is 5.32 Å². The molecule has 5 heteroatoms. The Morgan fingerprint density at radius 2 is 1.81 bits per heavy atom. The Morgan fingerprint density at radius 3 is 2.38 bits per heavy atom. The number of carbonyl (C=O) groups excluding carboxylic acids is 3. The molecule has 5 nitrogen and oxygen atoms in total. The van der Waals surface area contributed by atoms with Crippen molar-refractivity contribution in [3.63, 3.8) is 0 Å². The molecular weight excluding hydrogens is 330 g/mol. The summed E-state index contributed by atoms with van der Waals surface area (Å²) < 4.78 is 5.23. The minimum atomic E-state index is -0.554. The number of hydrogen-bond acceptors (Lipinski definition) is 4. The highest BCUT2D eigenvalue weighted by Gasteiger charge is 2.14. The van der Waals surface area contributed by atoms with E-state index in [9.17, 15) is 14.4 Å². The van der Waals surface area contributed by atoms with Crippen molar-refractivity contribution < 1.29 is 19.1 Å². The van der Waals surface area contributed by atoms with E-state index in [0.717, 1.165) is 17.5 Å². The van der Waals surface area contributed by atoms with Crippen LogP contribution in [0.3, 0.4) is 0 Å². The van der Waals surface area contributed by atoms with E-state index in [-0.39, 0.29) is 11.7 Å². The smallest absolute Gasteiger partial charge is 0.331 e. The first-order valence-electron chi connectivity index (χ1n) is 8.64. The topological polar surface area (TPSA) is 72.5 Å². The van der Waals surface area contributed by atoms with Crippen LogP contribution in [-0.2, 0) is 19.1 Å². The molecule has 0 spiro atoms. The number of rotatable bonds is 7. The second kappa shape index (κ2) is 9.70. The maximum Gasteiger partial charge on any atom is 0.331 e. The minimum absolute atomic E-state index is 0.0790. The van der Waals surface area contributed by atoms with Gasteiger partial charge >= 0.3 is 5.97 Å². The normalized spacial score (nSPS) is 11.7. The summed E-state index contributed by atoms with van der Waals surface area (Å²) in [4.78, 5) is 34.9. The zero-order chi connectivity index (χ0) is 19.7. The lowest BCUT2D eigenvalue weighted by Crippen LogP contribution is -2.22. The summed E-state index contributed by atoms with van der Waals surface area (Å²) in [6.07, 6.45) is 7.23. The molecule has 0 saturated carbocycles. The summed E-state index contributed by atoms with van der Waals surface area (Å²) in [6.45, 7) is 8.79. The summed E-state index contributed by atoms with van der Waals surface area (Å²) in [6, 6.07) is 5.35. The zero-order valence-corrected chi connectivity index (χ0v) is 16.1. The van der Waals surface area contributed by atoms with E-state index in [1.54, 1.807) is 51.1 Å². The average Bonchev–Trinajstić information content (AvgIpc) is 2.50. The minimum Gasteiger partial charge on any atom is -0.457 e. The van der Waals surface area contributed by atoms with Gasteiger partial charge < -0.3 is 10.1 Å². The number of ketones is 1. The molecule has 0 aliphatic carbocycles. The van der Waals surface area contributed by atoms with Crippen LogP contribution in [0.15, 0.2) is 30.4 Å². The molecule has 1 aromatic carbocycles. The molecule has 0 aliphatic heterocycles. The predicted octanol–water partition coefficient (Wildman–Crippen LogP) is 4.38. The number of hydrogen-bond donors (Lipinski definition) is 1. The lowest BCUT2D eigenvalue weighted by molar-refractivity contribution is -0.148. The Balaban J connectivity index is 3.06. The van der Waals surface area contributed by atoms with Gasteiger partial charge in [0.1, 0.15) is 5.60 Å². The Morgan fingerprint density at radius 1 is 1.12 bits per heavy atom. The molecule has 0 aromatic heterocycles. The monoisotopic (exact) mass is 357 g/mol. The van der Waals surface area contributed by atoms with Crippen molar-refractivity contribution in [3.05, 3.63) is 41.5 Å². The van der Waals surface area contributed by atoms with Gasteiger partial charge in [-0.2, -0.15) is 0 Å². The Bertz CT molecular complexity index is 724. The van der Waals surface area contributed by atoms with E-state index >= 15 is 0 Å². The number of benzene rings is 1. The number of ether oxygens (including phenoxy) is 1. The number of allylic oxidation sites excluding steroid dienone is 1. The Kier molecular flexibility index (Phi) is 7.97. The second-order valence-electron chi connectivity index (χ2n) is 6.96. The molecule has 1 aromatic rings. The third-order valence-corrected chi connectivity index (χ3v) is 3.14. The summed E-state index contributed by atoms with van der Waals surface area (Å²) in [5.74, 6) is -0.613. The molecule has 1 rings (SSSR count). The van der Waals surface area contributed by atoms with Gasteiger partial charge in [-0.3, -0.25) is 9.59 Å². The summed E-state index contributed by atoms with van der Waals surface area (Å²) in [5.41, 5.74) is 1.50. The SMILES string of the molecule is CCCC(=O)Nc1cc(/C=C/C(=O)OC(C)(C)C)ccc1/C=C/C(C)=O. The van der Waals surface area contributed by atoms with Crippen molar-refractivity contribution in [2.75, 3.05) is 5.32 Å². The lowest BCUT2D eigenvalue weighted by atomic mass is 10.1. The Labute approximate surface area is 155 Å². The Hall–Kier alpha value is -2.69. The van der Waals surface area contributed by atoms with Crippen LogP contribution in [0.25, 0.3) is 12.2 Å². The van der Waals surface area contributed by atoms with Gasteiger partial charge in [0.2, 0.25) is 5.91 Å². The fourth-order valence-corrected chi connectivity index (χ4v) is 2.08. The van der Waals surface area contributed by atoms with Gasteiger partial charge in [-0.05, 0) is 69.5 Å². The van der Waals surface area contributed by atoms with Gasteiger partial charge in [-0.15, -0.1) is 0 Å². The van der Waals surface area contributed by atoms with Gasteiger partial charge in [0, 0.05) is 18.2 Å². The maximum absolute atomic E-state index is 11.9. The van der Waals surface area contributed by atoms with Crippen molar-refractivity contribution in [1.82, 2.24) is 0 Å². The van der Waals surface area contributed by atoms with Crippen molar-refractivity contribution in [1.29, 1.82) is 0 Å². The van der Waals surface area contributed by atoms with Crippen LogP contribution in [0.2, 0.25) is 0 Å². The van der Waals surface area contributed by atoms with E-state index in [4.69, 9.17) is 4.74 Å². The molecule has 0 aliphatic rings. The summed E-state index contributed by atoms with van der Waals surface area (Å²) in [7, 11) is 0. The number of carbonyl (C=O) groups is 3. The van der Waals surface area contributed by atoms with Gasteiger partial charge in [0.25, 0.3) is 0 Å². The van der Waals surface area contributed by atoms with Crippen molar-refractivity contribution >= 4 is 35.5 Å². The van der Waals surface area contributed by atoms with Crippen LogP contribution in [0, 0.1) is 0 Å². The lowest BCUT2D eigenvalue weighted by Gasteiger charge is -2.17. The molecule has 0 heterocycles. The fourth-order valence-electron chi connectivity index (χ4n) is 2.08. The molecule has 0 fully saturated rings. The third-order valence-electron chi connectivity index (χ3n) is 3.14. The van der Waals surface area contributed by atoms with Gasteiger partial charge in [0.15, 0.2) is 5.78 Å². The van der Waals surface area contributed by atoms with Crippen molar-refractivity contribution in [2.24, 2.45) is 0 Å². The molecule has 0 saturated heterocycles. The molecule has 0 radical (unpaired) electrons. The van der Waals surface area contributed by atoms with Crippen LogP contribution in [0.1, 0.15) is 58.6 Å². The van der Waals surface area contributed by atoms with Crippen LogP contribution >= 0.6 is 0 Å². The largest absolute Gasteiger partial charge is 0.457 e. The first-order chi connectivity index (χ1) is 12.1. The van der Waals surface area contributed by atoms with Crippen molar-refractivity contribution in [2.45, 2.75) is 53.1 Å². The molecule has 0 atom stereocenters. The van der Waals surface area contributed by atoms with Crippen LogP contribution in [0.5, 0.6) is 0 Å². The van der Waals surface area contributed by atoms with Crippen LogP contribution in [-0.4, -0.2) is 23.3 Å². The molecule has 140 valence electrons. The maximum atomic E-state index is 11.9. The van der Waals surface area contributed by atoms with Crippen molar-refractivity contribution in [3.8, 4) is 0 Å². The molecule has 1 N–H and O–H groups in total. The predicted molar refractivity (Wildman–Crippen MR) is 105 cm³/mol.